The highest BCUT2D eigenvalue weighted by molar-refractivity contribution is 5.76. The molecule has 0 aliphatic carbocycles. The van der Waals surface area contributed by atoms with E-state index in [0.29, 0.717) is 19.4 Å². The quantitative estimate of drug-likeness (QED) is 0.663. The topological polar surface area (TPSA) is 60.0 Å². The normalized spacial score (nSPS) is 13.4. The minimum atomic E-state index is 0.0442. The summed E-state index contributed by atoms with van der Waals surface area (Å²) in [6, 6.07) is 14.0. The number of likely N-dealkylation sites (N-methyl/N-ethyl adjacent to an activating group) is 1. The Morgan fingerprint density at radius 2 is 1.93 bits per heavy atom. The van der Waals surface area contributed by atoms with Gasteiger partial charge in [-0.05, 0) is 54.9 Å². The van der Waals surface area contributed by atoms with Gasteiger partial charge in [0.2, 0.25) is 12.7 Å². The minimum Gasteiger partial charge on any atom is -0.497 e. The maximum atomic E-state index is 12.5. The maximum absolute atomic E-state index is 12.5. The van der Waals surface area contributed by atoms with Gasteiger partial charge >= 0.3 is 0 Å². The number of hydrogen-bond donors (Lipinski definition) is 1. The number of hydrogen-bond acceptors (Lipinski definition) is 5. The van der Waals surface area contributed by atoms with E-state index in [0.717, 1.165) is 41.5 Å². The molecular formula is C23H30N2O4. The van der Waals surface area contributed by atoms with Crippen LogP contribution in [0, 0.1) is 0 Å². The largest absolute Gasteiger partial charge is 0.497 e. The highest BCUT2D eigenvalue weighted by atomic mass is 16.7. The number of methoxy groups -OCH3 is 1. The summed E-state index contributed by atoms with van der Waals surface area (Å²) in [5.74, 6) is 2.39. The van der Waals surface area contributed by atoms with E-state index < -0.39 is 0 Å². The molecule has 1 N–H and O–H groups in total. The summed E-state index contributed by atoms with van der Waals surface area (Å²) < 4.78 is 16.1. The van der Waals surface area contributed by atoms with E-state index in [4.69, 9.17) is 14.2 Å². The Morgan fingerprint density at radius 1 is 1.14 bits per heavy atom. The average molecular weight is 399 g/mol. The molecule has 1 aliphatic heterocycles. The summed E-state index contributed by atoms with van der Waals surface area (Å²) >= 11 is 0. The first-order valence-electron chi connectivity index (χ1n) is 10.2. The van der Waals surface area contributed by atoms with Crippen LogP contribution in [0.3, 0.4) is 0 Å². The molecule has 1 amide bonds. The van der Waals surface area contributed by atoms with Crippen LogP contribution in [0.2, 0.25) is 0 Å². The monoisotopic (exact) mass is 398 g/mol. The number of nitrogens with one attached hydrogen (secondary N) is 1. The van der Waals surface area contributed by atoms with Crippen molar-refractivity contribution in [3.05, 3.63) is 53.6 Å². The van der Waals surface area contributed by atoms with Gasteiger partial charge in [-0.3, -0.25) is 9.69 Å². The third kappa shape index (κ3) is 5.41. The predicted octanol–water partition coefficient (Wildman–Crippen LogP) is 3.56. The third-order valence-corrected chi connectivity index (χ3v) is 5.30. The van der Waals surface area contributed by atoms with Crippen LogP contribution >= 0.6 is 0 Å². The fourth-order valence-electron chi connectivity index (χ4n) is 3.62. The second-order valence-electron chi connectivity index (χ2n) is 7.01. The Balaban J connectivity index is 1.58. The summed E-state index contributed by atoms with van der Waals surface area (Å²) in [6.45, 7) is 6.91. The molecule has 6 nitrogen and oxygen atoms in total. The van der Waals surface area contributed by atoms with E-state index in [1.54, 1.807) is 7.11 Å². The number of benzene rings is 2. The lowest BCUT2D eigenvalue weighted by Crippen LogP contribution is -2.38. The zero-order valence-electron chi connectivity index (χ0n) is 17.4. The fourth-order valence-corrected chi connectivity index (χ4v) is 3.62. The Kier molecular flexibility index (Phi) is 7.36. The number of rotatable bonds is 10. The molecule has 0 aromatic heterocycles. The molecule has 0 unspecified atom stereocenters. The van der Waals surface area contributed by atoms with Crippen molar-refractivity contribution < 1.29 is 19.0 Å². The molecule has 0 saturated carbocycles. The van der Waals surface area contributed by atoms with Crippen molar-refractivity contribution in [3.8, 4) is 17.2 Å². The summed E-state index contributed by atoms with van der Waals surface area (Å²) in [4.78, 5) is 14.8. The number of nitrogens with zero attached hydrogens (tertiary/aromatic N) is 1. The number of aryl methyl sites for hydroxylation is 1. The predicted molar refractivity (Wildman–Crippen MR) is 113 cm³/mol. The van der Waals surface area contributed by atoms with Gasteiger partial charge in [0.05, 0.1) is 13.2 Å². The van der Waals surface area contributed by atoms with Crippen LogP contribution < -0.4 is 19.5 Å². The molecule has 0 bridgehead atoms. The highest BCUT2D eigenvalue weighted by Crippen LogP contribution is 2.32. The SMILES string of the molecule is CCN(CC)[C@@H](CNC(=O)CCc1ccc2c(c1)OCO2)c1cccc(OC)c1. The van der Waals surface area contributed by atoms with Crippen LogP contribution in [0.4, 0.5) is 0 Å². The van der Waals surface area contributed by atoms with Crippen LogP contribution in [0.25, 0.3) is 0 Å². The average Bonchev–Trinajstić information content (AvgIpc) is 3.23. The molecule has 3 rings (SSSR count). The van der Waals surface area contributed by atoms with Gasteiger partial charge < -0.3 is 19.5 Å². The van der Waals surface area contributed by atoms with Crippen LogP contribution in [0.1, 0.15) is 37.4 Å². The van der Waals surface area contributed by atoms with E-state index in [1.807, 2.05) is 36.4 Å². The van der Waals surface area contributed by atoms with Crippen LogP contribution in [-0.2, 0) is 11.2 Å². The molecule has 0 saturated heterocycles. The van der Waals surface area contributed by atoms with Gasteiger partial charge in [-0.1, -0.05) is 32.0 Å². The van der Waals surface area contributed by atoms with Crippen molar-refractivity contribution in [2.24, 2.45) is 0 Å². The lowest BCUT2D eigenvalue weighted by Gasteiger charge is -2.30. The summed E-state index contributed by atoms with van der Waals surface area (Å²) in [6.07, 6.45) is 1.10. The summed E-state index contributed by atoms with van der Waals surface area (Å²) in [5, 5.41) is 3.11. The standard InChI is InChI=1S/C23H30N2O4/c1-4-25(5-2)20(18-7-6-8-19(14-18)27-3)15-24-23(26)12-10-17-9-11-21-22(13-17)29-16-28-21/h6-9,11,13-14,20H,4-5,10,12,15-16H2,1-3H3,(H,24,26)/t20-/m0/s1. The number of ether oxygens (including phenoxy) is 3. The second kappa shape index (κ2) is 10.2. The molecule has 0 spiro atoms. The molecule has 1 heterocycles. The van der Waals surface area contributed by atoms with E-state index in [-0.39, 0.29) is 18.7 Å². The van der Waals surface area contributed by atoms with Crippen molar-refractivity contribution >= 4 is 5.91 Å². The number of amides is 1. The second-order valence-corrected chi connectivity index (χ2v) is 7.01. The van der Waals surface area contributed by atoms with Crippen LogP contribution in [0.5, 0.6) is 17.2 Å². The van der Waals surface area contributed by atoms with Crippen molar-refractivity contribution in [3.63, 3.8) is 0 Å². The van der Waals surface area contributed by atoms with Crippen molar-refractivity contribution in [2.45, 2.75) is 32.7 Å². The van der Waals surface area contributed by atoms with Gasteiger partial charge in [-0.2, -0.15) is 0 Å². The smallest absolute Gasteiger partial charge is 0.231 e. The number of carbonyl (C=O) groups is 1. The first-order chi connectivity index (χ1) is 14.1. The maximum Gasteiger partial charge on any atom is 0.231 e. The van der Waals surface area contributed by atoms with Crippen molar-refractivity contribution in [1.29, 1.82) is 0 Å². The first-order valence-corrected chi connectivity index (χ1v) is 10.2. The van der Waals surface area contributed by atoms with Gasteiger partial charge in [0, 0.05) is 13.0 Å². The Labute approximate surface area is 172 Å². The van der Waals surface area contributed by atoms with Gasteiger partial charge in [-0.15, -0.1) is 0 Å². The molecule has 2 aromatic carbocycles. The molecule has 6 heteroatoms. The van der Waals surface area contributed by atoms with Crippen LogP contribution in [-0.4, -0.2) is 44.3 Å². The molecule has 0 fully saturated rings. The molecule has 29 heavy (non-hydrogen) atoms. The molecule has 156 valence electrons. The molecular weight excluding hydrogens is 368 g/mol. The van der Waals surface area contributed by atoms with Crippen LogP contribution in [0.15, 0.2) is 42.5 Å². The molecule has 2 aromatic rings. The van der Waals surface area contributed by atoms with Gasteiger partial charge in [0.25, 0.3) is 0 Å². The summed E-state index contributed by atoms with van der Waals surface area (Å²) in [5.41, 5.74) is 2.21. The lowest BCUT2D eigenvalue weighted by molar-refractivity contribution is -0.121. The molecule has 0 radical (unpaired) electrons. The van der Waals surface area contributed by atoms with Crippen molar-refractivity contribution in [1.82, 2.24) is 10.2 Å². The lowest BCUT2D eigenvalue weighted by atomic mass is 10.0. The van der Waals surface area contributed by atoms with E-state index in [2.05, 4.69) is 30.1 Å². The van der Waals surface area contributed by atoms with Gasteiger partial charge in [0.15, 0.2) is 11.5 Å². The zero-order chi connectivity index (χ0) is 20.6. The van der Waals surface area contributed by atoms with Gasteiger partial charge in [-0.25, -0.2) is 0 Å². The minimum absolute atomic E-state index is 0.0442. The van der Waals surface area contributed by atoms with E-state index in [1.165, 1.54) is 0 Å². The van der Waals surface area contributed by atoms with E-state index in [9.17, 15) is 4.79 Å². The number of fused-ring (bicyclic) bond motifs is 1. The highest BCUT2D eigenvalue weighted by Gasteiger charge is 2.20. The van der Waals surface area contributed by atoms with E-state index >= 15 is 0 Å². The molecule has 1 atom stereocenters. The Bertz CT molecular complexity index is 820. The van der Waals surface area contributed by atoms with Gasteiger partial charge in [0.1, 0.15) is 5.75 Å². The zero-order valence-corrected chi connectivity index (χ0v) is 17.4. The summed E-state index contributed by atoms with van der Waals surface area (Å²) in [7, 11) is 1.67. The Morgan fingerprint density at radius 3 is 2.69 bits per heavy atom. The third-order valence-electron chi connectivity index (χ3n) is 5.30. The van der Waals surface area contributed by atoms with Crippen molar-refractivity contribution in [2.75, 3.05) is 33.5 Å². The first kappa shape index (κ1) is 21.0. The fraction of sp³-hybridized carbons (Fsp3) is 0.435. The number of carbonyl (C=O) groups excluding carboxylic acids is 1. The Hall–Kier alpha value is -2.73. The molecule has 1 aliphatic rings.